The van der Waals surface area contributed by atoms with E-state index in [0.717, 1.165) is 0 Å². The van der Waals surface area contributed by atoms with Crippen molar-refractivity contribution in [2.45, 2.75) is 52.1 Å². The molecule has 2 nitrogen and oxygen atoms in total. The van der Waals surface area contributed by atoms with Gasteiger partial charge in [0.15, 0.2) is 7.83 Å². The van der Waals surface area contributed by atoms with Crippen molar-refractivity contribution < 1.29 is 8.91 Å². The van der Waals surface area contributed by atoms with E-state index in [9.17, 15) is 4.80 Å². The summed E-state index contributed by atoms with van der Waals surface area (Å²) < 4.78 is 5.95. The van der Waals surface area contributed by atoms with Crippen molar-refractivity contribution in [1.29, 1.82) is 0 Å². The van der Waals surface area contributed by atoms with E-state index in [1.807, 2.05) is 13.1 Å². The molecule has 1 radical (unpaired) electrons. The van der Waals surface area contributed by atoms with Crippen LogP contribution in [-0.2, 0) is 4.12 Å². The molecular weight excluding hydrogens is 212 g/mol. The van der Waals surface area contributed by atoms with Crippen LogP contribution in [-0.4, -0.2) is 29.5 Å². The van der Waals surface area contributed by atoms with Gasteiger partial charge in [-0.3, -0.25) is 0 Å². The summed E-state index contributed by atoms with van der Waals surface area (Å²) in [7, 11) is -4.20. The topological polar surface area (TPSA) is 29.5 Å². The molecule has 0 saturated carbocycles. The molecule has 79 valence electrons. The first-order valence-corrected chi connectivity index (χ1v) is 13.7. The Labute approximate surface area is 86.1 Å². The lowest BCUT2D eigenvalue weighted by molar-refractivity contribution is 0.393. The second-order valence-corrected chi connectivity index (χ2v) is 19.5. The van der Waals surface area contributed by atoms with Crippen LogP contribution < -0.4 is 0 Å². The molecule has 0 saturated heterocycles. The zero-order chi connectivity index (χ0) is 10.7. The smallest absolute Gasteiger partial charge is 0.318 e. The quantitative estimate of drug-likeness (QED) is 0.742. The Morgan fingerprint density at radius 2 is 1.46 bits per heavy atom. The van der Waals surface area contributed by atoms with Crippen LogP contribution in [0.5, 0.6) is 0 Å². The van der Waals surface area contributed by atoms with Crippen molar-refractivity contribution in [3.05, 3.63) is 0 Å². The minimum Gasteiger partial charge on any atom is -0.439 e. The second-order valence-electron chi connectivity index (χ2n) is 4.37. The first-order valence-electron chi connectivity index (χ1n) is 5.00. The lowest BCUT2D eigenvalue weighted by atomic mass is 11.0. The van der Waals surface area contributed by atoms with E-state index in [0.29, 0.717) is 0 Å². The maximum absolute atomic E-state index is 9.76. The van der Waals surface area contributed by atoms with Crippen LogP contribution in [0.25, 0.3) is 0 Å². The Morgan fingerprint density at radius 3 is 1.69 bits per heavy atom. The van der Waals surface area contributed by atoms with Gasteiger partial charge in [-0.15, -0.1) is 0 Å². The molecule has 0 aromatic carbocycles. The van der Waals surface area contributed by atoms with E-state index in [-0.39, 0.29) is 8.31 Å². The van der Waals surface area contributed by atoms with Crippen LogP contribution in [0.1, 0.15) is 13.8 Å². The molecule has 0 aromatic heterocycles. The Balaban J connectivity index is 4.36. The van der Waals surface area contributed by atoms with Gasteiger partial charge in [-0.2, -0.15) is 0 Å². The van der Waals surface area contributed by atoms with E-state index in [1.165, 1.54) is 12.1 Å². The van der Waals surface area contributed by atoms with Gasteiger partial charge in [0, 0.05) is 0 Å². The molecule has 0 fully saturated rings. The molecule has 1 N–H and O–H groups in total. The monoisotopic (exact) mass is 235 g/mol. The maximum Gasteiger partial charge on any atom is 0.318 e. The Morgan fingerprint density at radius 1 is 1.08 bits per heavy atom. The minimum absolute atomic E-state index is 0.341. The zero-order valence-corrected chi connectivity index (χ0v) is 12.8. The summed E-state index contributed by atoms with van der Waals surface area (Å²) in [6.45, 7) is 12.8. The first-order chi connectivity index (χ1) is 5.73. The van der Waals surface area contributed by atoms with Crippen molar-refractivity contribution in [3.63, 3.8) is 0 Å². The van der Waals surface area contributed by atoms with Crippen molar-refractivity contribution in [2.24, 2.45) is 0 Å². The van der Waals surface area contributed by atoms with Gasteiger partial charge in [0.25, 0.3) is 0 Å². The highest BCUT2D eigenvalue weighted by Gasteiger charge is 2.37. The Kier molecular flexibility index (Phi) is 5.09. The summed E-state index contributed by atoms with van der Waals surface area (Å²) in [6.07, 6.45) is 0. The van der Waals surface area contributed by atoms with Crippen LogP contribution in [0.2, 0.25) is 38.3 Å². The van der Waals surface area contributed by atoms with Crippen molar-refractivity contribution in [1.82, 2.24) is 0 Å². The van der Waals surface area contributed by atoms with Gasteiger partial charge in [0.05, 0.1) is 8.31 Å². The third kappa shape index (κ3) is 5.12. The third-order valence-electron chi connectivity index (χ3n) is 2.21. The third-order valence-corrected chi connectivity index (χ3v) is 17.8. The predicted octanol–water partition coefficient (Wildman–Crippen LogP) is 2.52. The fourth-order valence-corrected chi connectivity index (χ4v) is 18.2. The molecule has 5 heteroatoms. The van der Waals surface area contributed by atoms with Gasteiger partial charge in [0.1, 0.15) is 0 Å². The van der Waals surface area contributed by atoms with Gasteiger partial charge < -0.3 is 8.91 Å². The van der Waals surface area contributed by atoms with Crippen molar-refractivity contribution in [2.75, 3.05) is 0 Å². The zero-order valence-electron chi connectivity index (χ0n) is 9.77. The second kappa shape index (κ2) is 4.88. The molecule has 0 atom stereocenters. The van der Waals surface area contributed by atoms with E-state index in [1.54, 1.807) is 0 Å². The average molecular weight is 236 g/mol. The highest BCUT2D eigenvalue weighted by atomic mass is 29.2. The number of hydrogen-bond acceptors (Lipinski definition) is 2. The summed E-state index contributed by atoms with van der Waals surface area (Å²) >= 11 is 0. The molecule has 0 aliphatic heterocycles. The summed E-state index contributed by atoms with van der Waals surface area (Å²) in [5.41, 5.74) is 0. The normalized spacial score (nSPS) is 13.8. The first kappa shape index (κ1) is 13.6. The summed E-state index contributed by atoms with van der Waals surface area (Å²) in [5.74, 6) is 0. The highest BCUT2D eigenvalue weighted by molar-refractivity contribution is 7.30. The van der Waals surface area contributed by atoms with Crippen molar-refractivity contribution in [3.8, 4) is 0 Å². The SMILES string of the molecule is CC[Si](CC)[Si](C)(C)O[Si](C)(C)O. The average Bonchev–Trinajstić information content (AvgIpc) is 1.83. The van der Waals surface area contributed by atoms with Crippen LogP contribution in [0.4, 0.5) is 0 Å². The number of rotatable bonds is 5. The van der Waals surface area contributed by atoms with Gasteiger partial charge in [0.2, 0.25) is 0 Å². The van der Waals surface area contributed by atoms with Crippen LogP contribution >= 0.6 is 0 Å². The van der Waals surface area contributed by atoms with Gasteiger partial charge >= 0.3 is 8.56 Å². The molecule has 0 heterocycles. The molecule has 0 aromatic rings. The van der Waals surface area contributed by atoms with Crippen LogP contribution in [0, 0.1) is 0 Å². The lowest BCUT2D eigenvalue weighted by Crippen LogP contribution is -2.54. The predicted molar refractivity (Wildman–Crippen MR) is 65.0 cm³/mol. The van der Waals surface area contributed by atoms with Gasteiger partial charge in [-0.1, -0.05) is 25.9 Å². The van der Waals surface area contributed by atoms with Gasteiger partial charge in [-0.05, 0) is 26.2 Å². The maximum atomic E-state index is 9.76. The molecule has 0 aliphatic rings. The standard InChI is InChI=1S/C8H23O2Si3/c1-7-11(8-2)13(5,6)10-12(3,4)9/h9H,7-8H2,1-6H3. The van der Waals surface area contributed by atoms with E-state index in [2.05, 4.69) is 26.9 Å². The van der Waals surface area contributed by atoms with E-state index < -0.39 is 16.4 Å². The molecule has 0 aliphatic carbocycles. The largest absolute Gasteiger partial charge is 0.439 e. The number of hydrogen-bond donors (Lipinski definition) is 1. The molecule has 0 spiro atoms. The van der Waals surface area contributed by atoms with Crippen LogP contribution in [0.15, 0.2) is 0 Å². The van der Waals surface area contributed by atoms with E-state index in [4.69, 9.17) is 4.12 Å². The molecule has 0 rings (SSSR count). The summed E-state index contributed by atoms with van der Waals surface area (Å²) in [4.78, 5) is 9.76. The van der Waals surface area contributed by atoms with Crippen LogP contribution in [0.3, 0.4) is 0 Å². The molecule has 0 unspecified atom stereocenters. The fraction of sp³-hybridized carbons (Fsp3) is 1.00. The summed E-state index contributed by atoms with van der Waals surface area (Å²) in [6, 6.07) is 2.54. The Bertz CT molecular complexity index is 150. The molecule has 13 heavy (non-hydrogen) atoms. The fourth-order valence-electron chi connectivity index (χ4n) is 1.80. The lowest BCUT2D eigenvalue weighted by Gasteiger charge is -2.34. The summed E-state index contributed by atoms with van der Waals surface area (Å²) in [5, 5.41) is 0. The highest BCUT2D eigenvalue weighted by Crippen LogP contribution is 2.19. The van der Waals surface area contributed by atoms with Crippen molar-refractivity contribution >= 4 is 24.7 Å². The van der Waals surface area contributed by atoms with E-state index >= 15 is 0 Å². The van der Waals surface area contributed by atoms with Gasteiger partial charge in [-0.25, -0.2) is 0 Å². The Hall–Kier alpha value is 0.571. The minimum atomic E-state index is -2.30. The molecule has 0 amide bonds. The molecule has 0 bridgehead atoms. The molecular formula is C8H23O2Si3.